The number of hydrazone groups is 1. The maximum Gasteiger partial charge on any atom is 0.203 e. The highest BCUT2D eigenvalue weighted by Gasteiger charge is 2.11. The quantitative estimate of drug-likeness (QED) is 0.214. The summed E-state index contributed by atoms with van der Waals surface area (Å²) in [6.07, 6.45) is 3.77. The van der Waals surface area contributed by atoms with Gasteiger partial charge >= 0.3 is 0 Å². The first-order chi connectivity index (χ1) is 16.2. The second-order valence-electron chi connectivity index (χ2n) is 7.49. The van der Waals surface area contributed by atoms with Gasteiger partial charge in [0, 0.05) is 33.3 Å². The predicted molar refractivity (Wildman–Crippen MR) is 138 cm³/mol. The lowest BCUT2D eigenvalue weighted by Gasteiger charge is -2.01. The van der Waals surface area contributed by atoms with Gasteiger partial charge in [-0.1, -0.05) is 71.8 Å². The van der Waals surface area contributed by atoms with Crippen molar-refractivity contribution in [3.63, 3.8) is 0 Å². The van der Waals surface area contributed by atoms with Crippen LogP contribution in [0.5, 0.6) is 0 Å². The molecule has 0 saturated carbocycles. The van der Waals surface area contributed by atoms with E-state index in [-0.39, 0.29) is 0 Å². The molecule has 0 amide bonds. The standard InChI is InChI=1S/C26H20ClN5S/c1-18-7-9-20(10-8-18)25-21(16-32(31-25)23-5-3-2-4-6-23)15-28-30-26-29-24(17-33-26)19-11-13-22(27)14-12-19/h2-17H,1H3,(H,29,30)/b28-15+. The van der Waals surface area contributed by atoms with Gasteiger partial charge in [0.05, 0.1) is 17.6 Å². The second kappa shape index (κ2) is 9.40. The van der Waals surface area contributed by atoms with Crippen molar-refractivity contribution in [3.8, 4) is 28.2 Å². The van der Waals surface area contributed by atoms with Crippen LogP contribution in [0.3, 0.4) is 0 Å². The molecule has 0 bridgehead atoms. The van der Waals surface area contributed by atoms with Gasteiger partial charge in [0.2, 0.25) is 5.13 Å². The van der Waals surface area contributed by atoms with Crippen LogP contribution in [0.1, 0.15) is 11.1 Å². The van der Waals surface area contributed by atoms with Gasteiger partial charge in [-0.2, -0.15) is 10.2 Å². The summed E-state index contributed by atoms with van der Waals surface area (Å²) < 4.78 is 1.87. The van der Waals surface area contributed by atoms with E-state index in [1.807, 2.05) is 70.9 Å². The van der Waals surface area contributed by atoms with Crippen LogP contribution in [-0.4, -0.2) is 21.0 Å². The molecule has 1 N–H and O–H groups in total. The molecule has 7 heteroatoms. The molecule has 0 unspecified atom stereocenters. The molecule has 0 radical (unpaired) electrons. The Morgan fingerprint density at radius 1 is 0.939 bits per heavy atom. The zero-order valence-electron chi connectivity index (χ0n) is 17.8. The first-order valence-electron chi connectivity index (χ1n) is 10.4. The van der Waals surface area contributed by atoms with Crippen LogP contribution in [0.25, 0.3) is 28.2 Å². The highest BCUT2D eigenvalue weighted by molar-refractivity contribution is 7.14. The molecule has 0 fully saturated rings. The molecule has 0 aliphatic heterocycles. The molecule has 0 aliphatic rings. The van der Waals surface area contributed by atoms with Gasteiger partial charge in [-0.05, 0) is 31.2 Å². The molecule has 162 valence electrons. The minimum absolute atomic E-state index is 0.706. The summed E-state index contributed by atoms with van der Waals surface area (Å²) >= 11 is 7.48. The molecule has 2 heterocycles. The molecular weight excluding hydrogens is 450 g/mol. The number of thiazole rings is 1. The maximum absolute atomic E-state index is 5.98. The summed E-state index contributed by atoms with van der Waals surface area (Å²) in [5.74, 6) is 0. The van der Waals surface area contributed by atoms with Crippen LogP contribution in [0, 0.1) is 6.92 Å². The van der Waals surface area contributed by atoms with Gasteiger partial charge in [-0.15, -0.1) is 11.3 Å². The van der Waals surface area contributed by atoms with Crippen LogP contribution < -0.4 is 5.43 Å². The average Bonchev–Trinajstić information content (AvgIpc) is 3.49. The Bertz CT molecular complexity index is 1390. The lowest BCUT2D eigenvalue weighted by atomic mass is 10.1. The van der Waals surface area contributed by atoms with E-state index in [4.69, 9.17) is 16.7 Å². The molecular formula is C26H20ClN5S. The summed E-state index contributed by atoms with van der Waals surface area (Å²) in [6.45, 7) is 2.07. The van der Waals surface area contributed by atoms with Gasteiger partial charge in [0.1, 0.15) is 5.69 Å². The number of aryl methyl sites for hydroxylation is 1. The summed E-state index contributed by atoms with van der Waals surface area (Å²) in [5, 5.41) is 12.7. The minimum Gasteiger partial charge on any atom is -0.253 e. The molecule has 33 heavy (non-hydrogen) atoms. The van der Waals surface area contributed by atoms with Gasteiger partial charge in [0.25, 0.3) is 0 Å². The van der Waals surface area contributed by atoms with Crippen molar-refractivity contribution in [1.29, 1.82) is 0 Å². The number of hydrogen-bond acceptors (Lipinski definition) is 5. The van der Waals surface area contributed by atoms with Gasteiger partial charge < -0.3 is 0 Å². The highest BCUT2D eigenvalue weighted by Crippen LogP contribution is 2.26. The fraction of sp³-hybridized carbons (Fsp3) is 0.0385. The molecule has 2 aromatic heterocycles. The lowest BCUT2D eigenvalue weighted by molar-refractivity contribution is 0.884. The largest absolute Gasteiger partial charge is 0.253 e. The molecule has 0 spiro atoms. The Balaban J connectivity index is 1.41. The summed E-state index contributed by atoms with van der Waals surface area (Å²) in [5.41, 5.74) is 9.95. The fourth-order valence-corrected chi connectivity index (χ4v) is 4.16. The monoisotopic (exact) mass is 469 g/mol. The van der Waals surface area contributed by atoms with E-state index in [1.165, 1.54) is 16.9 Å². The Kier molecular flexibility index (Phi) is 6.02. The first kappa shape index (κ1) is 21.1. The van der Waals surface area contributed by atoms with E-state index in [1.54, 1.807) is 6.21 Å². The van der Waals surface area contributed by atoms with Crippen molar-refractivity contribution in [2.45, 2.75) is 6.92 Å². The summed E-state index contributed by atoms with van der Waals surface area (Å²) in [6, 6.07) is 26.0. The van der Waals surface area contributed by atoms with Crippen molar-refractivity contribution >= 4 is 34.3 Å². The summed E-state index contributed by atoms with van der Waals surface area (Å²) in [4.78, 5) is 4.61. The first-order valence-corrected chi connectivity index (χ1v) is 11.6. The number of halogens is 1. The van der Waals surface area contributed by atoms with Crippen LogP contribution in [0.4, 0.5) is 5.13 Å². The Morgan fingerprint density at radius 2 is 1.67 bits per heavy atom. The number of para-hydroxylation sites is 1. The molecule has 5 aromatic rings. The lowest BCUT2D eigenvalue weighted by Crippen LogP contribution is -1.93. The Hall–Kier alpha value is -3.74. The van der Waals surface area contributed by atoms with E-state index in [0.29, 0.717) is 10.2 Å². The third-order valence-corrected chi connectivity index (χ3v) is 6.10. The number of aromatic nitrogens is 3. The van der Waals surface area contributed by atoms with Crippen LogP contribution in [0.15, 0.2) is 95.5 Å². The number of rotatable bonds is 6. The number of benzene rings is 3. The topological polar surface area (TPSA) is 55.1 Å². The number of nitrogens with zero attached hydrogens (tertiary/aromatic N) is 4. The third-order valence-electron chi connectivity index (χ3n) is 5.10. The fourth-order valence-electron chi connectivity index (χ4n) is 3.37. The number of nitrogens with one attached hydrogen (secondary N) is 1. The van der Waals surface area contributed by atoms with Gasteiger partial charge in [-0.25, -0.2) is 9.67 Å². The zero-order valence-corrected chi connectivity index (χ0v) is 19.4. The van der Waals surface area contributed by atoms with Crippen LogP contribution >= 0.6 is 22.9 Å². The number of anilines is 1. The zero-order chi connectivity index (χ0) is 22.6. The van der Waals surface area contributed by atoms with Crippen molar-refractivity contribution in [3.05, 3.63) is 107 Å². The molecule has 5 nitrogen and oxygen atoms in total. The van der Waals surface area contributed by atoms with E-state index in [9.17, 15) is 0 Å². The van der Waals surface area contributed by atoms with Crippen molar-refractivity contribution < 1.29 is 0 Å². The summed E-state index contributed by atoms with van der Waals surface area (Å²) in [7, 11) is 0. The van der Waals surface area contributed by atoms with E-state index < -0.39 is 0 Å². The molecule has 0 aliphatic carbocycles. The Labute approximate surface area is 201 Å². The Morgan fingerprint density at radius 3 is 2.42 bits per heavy atom. The number of hydrogen-bond donors (Lipinski definition) is 1. The molecule has 5 rings (SSSR count). The van der Waals surface area contributed by atoms with E-state index in [0.717, 1.165) is 33.8 Å². The minimum atomic E-state index is 0.706. The van der Waals surface area contributed by atoms with Crippen LogP contribution in [0.2, 0.25) is 5.02 Å². The smallest absolute Gasteiger partial charge is 0.203 e. The second-order valence-corrected chi connectivity index (χ2v) is 8.79. The van der Waals surface area contributed by atoms with E-state index >= 15 is 0 Å². The SMILES string of the molecule is Cc1ccc(-c2nn(-c3ccccc3)cc2/C=N/Nc2nc(-c3ccc(Cl)cc3)cs2)cc1. The predicted octanol–water partition coefficient (Wildman–Crippen LogP) is 7.07. The third kappa shape index (κ3) is 4.87. The van der Waals surface area contributed by atoms with E-state index in [2.05, 4.69) is 46.7 Å². The van der Waals surface area contributed by atoms with Crippen LogP contribution in [-0.2, 0) is 0 Å². The van der Waals surface area contributed by atoms with Gasteiger partial charge in [0.15, 0.2) is 0 Å². The highest BCUT2D eigenvalue weighted by atomic mass is 35.5. The van der Waals surface area contributed by atoms with Crippen molar-refractivity contribution in [2.24, 2.45) is 5.10 Å². The normalized spacial score (nSPS) is 11.2. The molecule has 0 saturated heterocycles. The van der Waals surface area contributed by atoms with Crippen molar-refractivity contribution in [2.75, 3.05) is 5.43 Å². The van der Waals surface area contributed by atoms with Crippen molar-refractivity contribution in [1.82, 2.24) is 14.8 Å². The maximum atomic E-state index is 5.98. The molecule has 3 aromatic carbocycles. The molecule has 0 atom stereocenters. The average molecular weight is 470 g/mol. The van der Waals surface area contributed by atoms with Gasteiger partial charge in [-0.3, -0.25) is 5.43 Å².